The molecule has 1 saturated heterocycles. The van der Waals surface area contributed by atoms with Crippen molar-refractivity contribution < 1.29 is 37.4 Å². The number of piperazine rings is 1. The standard InChI is InChI=1S/C34H29ClF3N9O6/c1-3-24-27(44-8-10-45(11-9-44)30(50)26-28(49)17(2)39-16-40-26)31(51)47-33(42-29(43-47)18-4-6-21-19(12-18)15-53-32(21)52)46(24)14-25(48)41-23-7-5-20(13-22(23)35)34(36,37)38/h4-7,12-13,16,49H,3,8-11,14-15H2,1-2H3,(H,41,48). The fourth-order valence-corrected chi connectivity index (χ4v) is 6.58. The van der Waals surface area contributed by atoms with E-state index in [1.807, 2.05) is 0 Å². The van der Waals surface area contributed by atoms with Crippen LogP contribution in [0.25, 0.3) is 17.2 Å². The number of esters is 1. The predicted octanol–water partition coefficient (Wildman–Crippen LogP) is 3.87. The Bertz CT molecular complexity index is 2390. The molecule has 0 spiro atoms. The van der Waals surface area contributed by atoms with Crippen LogP contribution in [0.5, 0.6) is 5.75 Å². The third kappa shape index (κ3) is 6.49. The zero-order valence-electron chi connectivity index (χ0n) is 28.1. The first-order valence-electron chi connectivity index (χ1n) is 16.3. The number of benzene rings is 2. The Labute approximate surface area is 302 Å². The van der Waals surface area contributed by atoms with Crippen molar-refractivity contribution in [2.24, 2.45) is 0 Å². The molecule has 15 nitrogen and oxygen atoms in total. The number of fused-ring (bicyclic) bond motifs is 2. The number of anilines is 2. The molecule has 5 heterocycles. The zero-order chi connectivity index (χ0) is 37.8. The highest BCUT2D eigenvalue weighted by Gasteiger charge is 2.33. The van der Waals surface area contributed by atoms with E-state index in [-0.39, 0.29) is 84.3 Å². The van der Waals surface area contributed by atoms with Gasteiger partial charge in [0.25, 0.3) is 11.5 Å². The summed E-state index contributed by atoms with van der Waals surface area (Å²) in [7, 11) is 0. The molecule has 2 aromatic carbocycles. The van der Waals surface area contributed by atoms with Crippen molar-refractivity contribution >= 4 is 46.5 Å². The minimum atomic E-state index is -4.64. The van der Waals surface area contributed by atoms with Gasteiger partial charge in [0, 0.05) is 37.3 Å². The molecule has 1 fully saturated rings. The van der Waals surface area contributed by atoms with Crippen molar-refractivity contribution in [2.75, 3.05) is 36.4 Å². The van der Waals surface area contributed by atoms with Crippen LogP contribution in [0.1, 0.15) is 50.3 Å². The second kappa shape index (κ2) is 13.5. The van der Waals surface area contributed by atoms with E-state index in [0.29, 0.717) is 28.5 Å². The second-order valence-corrected chi connectivity index (χ2v) is 12.7. The Kier molecular flexibility index (Phi) is 9.01. The molecule has 2 aliphatic heterocycles. The molecule has 19 heteroatoms. The summed E-state index contributed by atoms with van der Waals surface area (Å²) < 4.78 is 47.4. The molecule has 7 rings (SSSR count). The molecule has 0 unspecified atom stereocenters. The smallest absolute Gasteiger partial charge is 0.416 e. The van der Waals surface area contributed by atoms with E-state index in [4.69, 9.17) is 16.3 Å². The highest BCUT2D eigenvalue weighted by atomic mass is 35.5. The van der Waals surface area contributed by atoms with Crippen LogP contribution in [-0.2, 0) is 35.3 Å². The SMILES string of the molecule is CCc1c(N2CCN(C(=O)c3ncnc(C)c3O)CC2)c(=O)n2nc(-c3ccc4c(c3)COC4=O)nc2n1CC(=O)Nc1ccc(C(F)(F)F)cc1Cl. The largest absolute Gasteiger partial charge is 0.504 e. The zero-order valence-corrected chi connectivity index (χ0v) is 28.8. The lowest BCUT2D eigenvalue weighted by Crippen LogP contribution is -2.51. The number of aromatic hydroxyl groups is 1. The van der Waals surface area contributed by atoms with Crippen molar-refractivity contribution in [1.82, 2.24) is 34.0 Å². The summed E-state index contributed by atoms with van der Waals surface area (Å²) in [5.74, 6) is -1.82. The van der Waals surface area contributed by atoms with Gasteiger partial charge in [-0.3, -0.25) is 14.4 Å². The molecule has 53 heavy (non-hydrogen) atoms. The maximum Gasteiger partial charge on any atom is 0.416 e. The number of cyclic esters (lactones) is 1. The van der Waals surface area contributed by atoms with Gasteiger partial charge in [0.1, 0.15) is 25.2 Å². The quantitative estimate of drug-likeness (QED) is 0.231. The molecule has 274 valence electrons. The van der Waals surface area contributed by atoms with Gasteiger partial charge < -0.3 is 29.5 Å². The maximum absolute atomic E-state index is 14.3. The summed E-state index contributed by atoms with van der Waals surface area (Å²) in [6.45, 7) is 3.66. The summed E-state index contributed by atoms with van der Waals surface area (Å²) >= 11 is 6.12. The number of rotatable bonds is 7. The molecule has 2 N–H and O–H groups in total. The van der Waals surface area contributed by atoms with E-state index in [9.17, 15) is 37.5 Å². The van der Waals surface area contributed by atoms with Crippen LogP contribution in [0.15, 0.2) is 47.5 Å². The monoisotopic (exact) mass is 751 g/mol. The van der Waals surface area contributed by atoms with Crippen LogP contribution in [0.3, 0.4) is 0 Å². The summed E-state index contributed by atoms with van der Waals surface area (Å²) in [4.78, 5) is 68.9. The lowest BCUT2D eigenvalue weighted by molar-refractivity contribution is -0.137. The van der Waals surface area contributed by atoms with Gasteiger partial charge in [0.2, 0.25) is 11.7 Å². The van der Waals surface area contributed by atoms with E-state index in [2.05, 4.69) is 25.4 Å². The predicted molar refractivity (Wildman–Crippen MR) is 183 cm³/mol. The van der Waals surface area contributed by atoms with Crippen LogP contribution in [-0.4, -0.2) is 83.1 Å². The van der Waals surface area contributed by atoms with Crippen molar-refractivity contribution in [1.29, 1.82) is 0 Å². The highest BCUT2D eigenvalue weighted by Crippen LogP contribution is 2.34. The van der Waals surface area contributed by atoms with Crippen LogP contribution in [0.2, 0.25) is 5.02 Å². The summed E-state index contributed by atoms with van der Waals surface area (Å²) in [5.41, 5.74) is 0.644. The lowest BCUT2D eigenvalue weighted by atomic mass is 10.1. The molecule has 0 bridgehead atoms. The molecule has 3 aromatic heterocycles. The minimum Gasteiger partial charge on any atom is -0.504 e. The third-order valence-electron chi connectivity index (χ3n) is 9.07. The van der Waals surface area contributed by atoms with Gasteiger partial charge in [-0.25, -0.2) is 14.8 Å². The summed E-state index contributed by atoms with van der Waals surface area (Å²) in [6, 6.07) is 7.43. The fourth-order valence-electron chi connectivity index (χ4n) is 6.36. The first-order chi connectivity index (χ1) is 25.2. The number of nitrogens with one attached hydrogen (secondary N) is 1. The average molecular weight is 752 g/mol. The Morgan fingerprint density at radius 2 is 1.81 bits per heavy atom. The first-order valence-corrected chi connectivity index (χ1v) is 16.7. The Hall–Kier alpha value is -6.04. The Morgan fingerprint density at radius 3 is 2.51 bits per heavy atom. The lowest BCUT2D eigenvalue weighted by Gasteiger charge is -2.36. The summed E-state index contributed by atoms with van der Waals surface area (Å²) in [5, 5.41) is 17.1. The van der Waals surface area contributed by atoms with Gasteiger partial charge in [0.05, 0.1) is 33.2 Å². The number of ether oxygens (including phenoxy) is 1. The topological polar surface area (TPSA) is 177 Å². The van der Waals surface area contributed by atoms with E-state index in [1.54, 1.807) is 36.9 Å². The van der Waals surface area contributed by atoms with Gasteiger partial charge in [0.15, 0.2) is 17.3 Å². The van der Waals surface area contributed by atoms with Crippen LogP contribution in [0, 0.1) is 6.92 Å². The summed E-state index contributed by atoms with van der Waals surface area (Å²) in [6.07, 6.45) is -3.21. The van der Waals surface area contributed by atoms with E-state index < -0.39 is 41.6 Å². The van der Waals surface area contributed by atoms with Crippen molar-refractivity contribution in [3.63, 3.8) is 0 Å². The average Bonchev–Trinajstić information content (AvgIpc) is 3.75. The number of amides is 2. The highest BCUT2D eigenvalue weighted by molar-refractivity contribution is 6.33. The van der Waals surface area contributed by atoms with E-state index in [0.717, 1.165) is 16.6 Å². The van der Waals surface area contributed by atoms with Crippen molar-refractivity contribution in [3.05, 3.63) is 91.9 Å². The molecule has 0 atom stereocenters. The number of nitrogens with zero attached hydrogens (tertiary/aromatic N) is 8. The van der Waals surface area contributed by atoms with E-state index >= 15 is 0 Å². The first kappa shape index (κ1) is 35.4. The van der Waals surface area contributed by atoms with Crippen LogP contribution in [0.4, 0.5) is 24.5 Å². The minimum absolute atomic E-state index is 0.00973. The molecular weight excluding hydrogens is 723 g/mol. The second-order valence-electron chi connectivity index (χ2n) is 12.3. The van der Waals surface area contributed by atoms with Crippen LogP contribution < -0.4 is 15.8 Å². The molecule has 0 radical (unpaired) electrons. The number of halogens is 4. The van der Waals surface area contributed by atoms with E-state index in [1.165, 1.54) is 15.8 Å². The van der Waals surface area contributed by atoms with Gasteiger partial charge in [-0.1, -0.05) is 24.6 Å². The molecular formula is C34H29ClF3N9O6. The van der Waals surface area contributed by atoms with Crippen LogP contribution >= 0.6 is 11.6 Å². The Balaban J connectivity index is 1.26. The fraction of sp³-hybridized carbons (Fsp3) is 0.294. The number of hydrogen-bond acceptors (Lipinski definition) is 11. The number of carbonyl (C=O) groups is 3. The molecule has 0 aliphatic carbocycles. The normalized spacial score (nSPS) is 14.4. The van der Waals surface area contributed by atoms with Gasteiger partial charge >= 0.3 is 12.1 Å². The van der Waals surface area contributed by atoms with Crippen molar-refractivity contribution in [2.45, 2.75) is 39.6 Å². The third-order valence-corrected chi connectivity index (χ3v) is 9.38. The van der Waals surface area contributed by atoms with Gasteiger partial charge in [-0.15, -0.1) is 5.10 Å². The maximum atomic E-state index is 14.3. The van der Waals surface area contributed by atoms with Gasteiger partial charge in [-0.05, 0) is 43.7 Å². The number of aromatic nitrogens is 6. The molecule has 5 aromatic rings. The number of aryl methyl sites for hydroxylation is 1. The van der Waals surface area contributed by atoms with Gasteiger partial charge in [-0.2, -0.15) is 22.7 Å². The number of hydrogen-bond donors (Lipinski definition) is 2. The Morgan fingerprint density at radius 1 is 1.06 bits per heavy atom. The molecule has 0 saturated carbocycles. The number of carbonyl (C=O) groups excluding carboxylic acids is 3. The molecule has 2 amide bonds. The molecule has 2 aliphatic rings. The van der Waals surface area contributed by atoms with Crippen molar-refractivity contribution in [3.8, 4) is 17.1 Å². The number of alkyl halides is 3.